The van der Waals surface area contributed by atoms with Crippen molar-refractivity contribution in [1.29, 1.82) is 0 Å². The molecule has 22 heavy (non-hydrogen) atoms. The average Bonchev–Trinajstić information content (AvgIpc) is 2.42. The van der Waals surface area contributed by atoms with E-state index in [2.05, 4.69) is 0 Å². The van der Waals surface area contributed by atoms with Gasteiger partial charge >= 0.3 is 6.18 Å². The van der Waals surface area contributed by atoms with Crippen LogP contribution in [0.15, 0.2) is 42.5 Å². The summed E-state index contributed by atoms with van der Waals surface area (Å²) >= 11 is 0. The molecule has 0 spiro atoms. The molecule has 0 amide bonds. The number of hydrogen-bond acceptors (Lipinski definition) is 1. The Morgan fingerprint density at radius 2 is 1.45 bits per heavy atom. The molecule has 1 unspecified atom stereocenters. The maximum atomic E-state index is 12.6. The molecular weight excluding hydrogens is 289 g/mol. The fourth-order valence-corrected chi connectivity index (χ4v) is 2.47. The van der Waals surface area contributed by atoms with Crippen molar-refractivity contribution in [3.8, 4) is 0 Å². The van der Waals surface area contributed by atoms with E-state index < -0.39 is 17.7 Å². The van der Waals surface area contributed by atoms with Crippen LogP contribution in [0.1, 0.15) is 40.7 Å². The minimum Gasteiger partial charge on any atom is -0.299 e. The second kappa shape index (κ2) is 5.95. The molecular formula is C18H17F3O. The van der Waals surface area contributed by atoms with Crippen LogP contribution in [0.5, 0.6) is 0 Å². The molecule has 0 fully saturated rings. The van der Waals surface area contributed by atoms with E-state index in [9.17, 15) is 18.0 Å². The molecule has 0 aromatic heterocycles. The zero-order valence-corrected chi connectivity index (χ0v) is 12.7. The van der Waals surface area contributed by atoms with E-state index in [1.54, 1.807) is 0 Å². The average molecular weight is 306 g/mol. The molecule has 1 nitrogen and oxygen atoms in total. The number of halogens is 3. The Morgan fingerprint density at radius 3 is 1.91 bits per heavy atom. The van der Waals surface area contributed by atoms with E-state index in [-0.39, 0.29) is 5.78 Å². The Labute approximate surface area is 127 Å². The summed E-state index contributed by atoms with van der Waals surface area (Å²) in [6.45, 7) is 5.38. The normalized spacial score (nSPS) is 13.0. The van der Waals surface area contributed by atoms with Gasteiger partial charge < -0.3 is 0 Å². The number of rotatable bonds is 3. The predicted octanol–water partition coefficient (Wildman–Crippen LogP) is 5.04. The molecule has 0 heterocycles. The molecule has 2 rings (SSSR count). The van der Waals surface area contributed by atoms with Crippen molar-refractivity contribution in [2.24, 2.45) is 0 Å². The van der Waals surface area contributed by atoms with Gasteiger partial charge in [0.25, 0.3) is 0 Å². The molecule has 1 atom stereocenters. The Balaban J connectivity index is 2.44. The van der Waals surface area contributed by atoms with Crippen LogP contribution < -0.4 is 0 Å². The van der Waals surface area contributed by atoms with Gasteiger partial charge in [-0.2, -0.15) is 13.2 Å². The SMILES string of the molecule is CC(=O)C(c1ccc(C(F)(F)F)cc1)c1ccc(C)c(C)c1. The molecule has 0 saturated carbocycles. The first kappa shape index (κ1) is 16.3. The largest absolute Gasteiger partial charge is 0.416 e. The monoisotopic (exact) mass is 306 g/mol. The summed E-state index contributed by atoms with van der Waals surface area (Å²) in [5, 5.41) is 0. The Morgan fingerprint density at radius 1 is 0.909 bits per heavy atom. The highest BCUT2D eigenvalue weighted by Gasteiger charge is 2.30. The van der Waals surface area contributed by atoms with Crippen LogP contribution in [0.25, 0.3) is 0 Å². The summed E-state index contributed by atoms with van der Waals surface area (Å²) in [5.41, 5.74) is 2.83. The lowest BCUT2D eigenvalue weighted by Crippen LogP contribution is -2.12. The Hall–Kier alpha value is -2.10. The number of alkyl halides is 3. The van der Waals surface area contributed by atoms with E-state index in [4.69, 9.17) is 0 Å². The molecule has 2 aromatic rings. The molecule has 0 aliphatic carbocycles. The highest BCUT2D eigenvalue weighted by molar-refractivity contribution is 5.87. The van der Waals surface area contributed by atoms with E-state index in [0.29, 0.717) is 5.56 Å². The van der Waals surface area contributed by atoms with Gasteiger partial charge in [0.1, 0.15) is 5.78 Å². The van der Waals surface area contributed by atoms with Crippen LogP contribution in [-0.2, 0) is 11.0 Å². The molecule has 0 bridgehead atoms. The van der Waals surface area contributed by atoms with Crippen molar-refractivity contribution in [1.82, 2.24) is 0 Å². The fraction of sp³-hybridized carbons (Fsp3) is 0.278. The maximum absolute atomic E-state index is 12.6. The van der Waals surface area contributed by atoms with Crippen LogP contribution in [0.2, 0.25) is 0 Å². The van der Waals surface area contributed by atoms with E-state index in [1.165, 1.54) is 19.1 Å². The topological polar surface area (TPSA) is 17.1 Å². The second-order valence-corrected chi connectivity index (χ2v) is 5.51. The Bertz CT molecular complexity index is 684. The van der Waals surface area contributed by atoms with Crippen molar-refractivity contribution in [3.63, 3.8) is 0 Å². The summed E-state index contributed by atoms with van der Waals surface area (Å²) in [5.74, 6) is -0.635. The Kier molecular flexibility index (Phi) is 4.40. The van der Waals surface area contributed by atoms with Crippen molar-refractivity contribution in [3.05, 3.63) is 70.3 Å². The maximum Gasteiger partial charge on any atom is 0.416 e. The fourth-order valence-electron chi connectivity index (χ4n) is 2.47. The van der Waals surface area contributed by atoms with Gasteiger partial charge in [-0.05, 0) is 55.2 Å². The predicted molar refractivity (Wildman–Crippen MR) is 79.9 cm³/mol. The molecule has 116 valence electrons. The van der Waals surface area contributed by atoms with Crippen LogP contribution in [0.4, 0.5) is 13.2 Å². The van der Waals surface area contributed by atoms with Crippen molar-refractivity contribution < 1.29 is 18.0 Å². The number of carbonyl (C=O) groups is 1. The number of carbonyl (C=O) groups excluding carboxylic acids is 1. The first-order valence-corrected chi connectivity index (χ1v) is 6.95. The molecule has 0 saturated heterocycles. The molecule has 2 aromatic carbocycles. The zero-order valence-electron chi connectivity index (χ0n) is 12.7. The van der Waals surface area contributed by atoms with Gasteiger partial charge in [-0.15, -0.1) is 0 Å². The smallest absolute Gasteiger partial charge is 0.299 e. The van der Waals surface area contributed by atoms with Gasteiger partial charge in [0.05, 0.1) is 11.5 Å². The number of aryl methyl sites for hydroxylation is 2. The van der Waals surface area contributed by atoms with Gasteiger partial charge in [0.2, 0.25) is 0 Å². The second-order valence-electron chi connectivity index (χ2n) is 5.51. The lowest BCUT2D eigenvalue weighted by Gasteiger charge is -2.17. The van der Waals surface area contributed by atoms with Crippen molar-refractivity contribution in [2.45, 2.75) is 32.9 Å². The number of benzene rings is 2. The first-order chi connectivity index (χ1) is 10.2. The lowest BCUT2D eigenvalue weighted by molar-refractivity contribution is -0.137. The van der Waals surface area contributed by atoms with Crippen LogP contribution in [-0.4, -0.2) is 5.78 Å². The summed E-state index contributed by atoms with van der Waals surface area (Å²) in [6, 6.07) is 10.5. The number of ketones is 1. The van der Waals surface area contributed by atoms with Crippen molar-refractivity contribution in [2.75, 3.05) is 0 Å². The molecule has 4 heteroatoms. The number of Topliss-reactive ketones (excluding diaryl/α,β-unsaturated/α-hetero) is 1. The lowest BCUT2D eigenvalue weighted by atomic mass is 9.86. The van der Waals surface area contributed by atoms with Crippen LogP contribution in [0, 0.1) is 13.8 Å². The quantitative estimate of drug-likeness (QED) is 0.776. The minimum absolute atomic E-state index is 0.0944. The summed E-state index contributed by atoms with van der Waals surface area (Å²) < 4.78 is 37.9. The summed E-state index contributed by atoms with van der Waals surface area (Å²) in [4.78, 5) is 12.0. The summed E-state index contributed by atoms with van der Waals surface area (Å²) in [6.07, 6.45) is -4.37. The first-order valence-electron chi connectivity index (χ1n) is 6.95. The van der Waals surface area contributed by atoms with E-state index in [0.717, 1.165) is 28.8 Å². The highest BCUT2D eigenvalue weighted by Crippen LogP contribution is 2.32. The minimum atomic E-state index is -4.37. The van der Waals surface area contributed by atoms with Crippen LogP contribution >= 0.6 is 0 Å². The van der Waals surface area contributed by atoms with Gasteiger partial charge in [-0.3, -0.25) is 4.79 Å². The van der Waals surface area contributed by atoms with Gasteiger partial charge in [0, 0.05) is 0 Å². The van der Waals surface area contributed by atoms with Gasteiger partial charge in [-0.1, -0.05) is 30.3 Å². The van der Waals surface area contributed by atoms with Gasteiger partial charge in [0.15, 0.2) is 0 Å². The molecule has 0 aliphatic heterocycles. The van der Waals surface area contributed by atoms with E-state index >= 15 is 0 Å². The highest BCUT2D eigenvalue weighted by atomic mass is 19.4. The number of hydrogen-bond donors (Lipinski definition) is 0. The molecule has 0 aliphatic rings. The summed E-state index contributed by atoms with van der Waals surface area (Å²) in [7, 11) is 0. The zero-order chi connectivity index (χ0) is 16.5. The third-order valence-corrected chi connectivity index (χ3v) is 3.84. The third-order valence-electron chi connectivity index (χ3n) is 3.84. The van der Waals surface area contributed by atoms with Crippen molar-refractivity contribution >= 4 is 5.78 Å². The van der Waals surface area contributed by atoms with E-state index in [1.807, 2.05) is 32.0 Å². The van der Waals surface area contributed by atoms with Gasteiger partial charge in [-0.25, -0.2) is 0 Å². The molecule has 0 N–H and O–H groups in total. The standard InChI is InChI=1S/C18H17F3O/c1-11-4-5-15(10-12(11)2)17(13(3)22)14-6-8-16(9-7-14)18(19,20)21/h4-10,17H,1-3H3. The molecule has 0 radical (unpaired) electrons. The third kappa shape index (κ3) is 3.38. The van der Waals surface area contributed by atoms with Crippen LogP contribution in [0.3, 0.4) is 0 Å².